The van der Waals surface area contributed by atoms with Gasteiger partial charge in [0.15, 0.2) is 0 Å². The van der Waals surface area contributed by atoms with Crippen molar-refractivity contribution in [2.24, 2.45) is 0 Å². The van der Waals surface area contributed by atoms with Gasteiger partial charge in [0.2, 0.25) is 5.91 Å². The number of ether oxygens (including phenoxy) is 3. The molecule has 1 rings (SSSR count). The number of methoxy groups -OCH3 is 1. The summed E-state index contributed by atoms with van der Waals surface area (Å²) in [6.45, 7) is 2.23. The maximum atomic E-state index is 12.3. The van der Waals surface area contributed by atoms with Crippen LogP contribution in [0.3, 0.4) is 0 Å². The van der Waals surface area contributed by atoms with Crippen LogP contribution in [-0.2, 0) is 25.5 Å². The molecule has 0 N–H and O–H groups in total. The molecule has 0 saturated heterocycles. The van der Waals surface area contributed by atoms with Crippen molar-refractivity contribution in [3.05, 3.63) is 29.8 Å². The minimum Gasteiger partial charge on any atom is -0.465 e. The molecule has 1 amide bonds. The van der Waals surface area contributed by atoms with E-state index in [1.807, 2.05) is 0 Å². The second-order valence-corrected chi connectivity index (χ2v) is 5.30. The second kappa shape index (κ2) is 10.6. The SMILES string of the molecule is CCOC(=O)CN(CCOC)C(=O)CCc1ccc(OC(F)(F)F)cc1. The van der Waals surface area contributed by atoms with Crippen LogP contribution in [-0.4, -0.2) is 56.6 Å². The van der Waals surface area contributed by atoms with Gasteiger partial charge in [-0.2, -0.15) is 0 Å². The smallest absolute Gasteiger partial charge is 0.465 e. The molecule has 0 bridgehead atoms. The van der Waals surface area contributed by atoms with Crippen LogP contribution in [0.1, 0.15) is 18.9 Å². The van der Waals surface area contributed by atoms with Gasteiger partial charge in [0.1, 0.15) is 12.3 Å². The highest BCUT2D eigenvalue weighted by Crippen LogP contribution is 2.23. The van der Waals surface area contributed by atoms with E-state index in [2.05, 4.69) is 4.74 Å². The fourth-order valence-electron chi connectivity index (χ4n) is 2.12. The first kappa shape index (κ1) is 21.8. The molecule has 6 nitrogen and oxygen atoms in total. The predicted octanol–water partition coefficient (Wildman–Crippen LogP) is 2.56. The van der Waals surface area contributed by atoms with E-state index in [9.17, 15) is 22.8 Å². The van der Waals surface area contributed by atoms with Gasteiger partial charge in [-0.1, -0.05) is 12.1 Å². The Hall–Kier alpha value is -2.29. The van der Waals surface area contributed by atoms with Crippen LogP contribution in [0.5, 0.6) is 5.75 Å². The topological polar surface area (TPSA) is 65.1 Å². The van der Waals surface area contributed by atoms with Crippen molar-refractivity contribution in [3.8, 4) is 5.75 Å². The summed E-state index contributed by atoms with van der Waals surface area (Å²) < 4.78 is 49.9. The molecule has 0 aliphatic carbocycles. The van der Waals surface area contributed by atoms with Crippen molar-refractivity contribution < 1.29 is 37.0 Å². The molecule has 0 unspecified atom stereocenters. The van der Waals surface area contributed by atoms with Gasteiger partial charge in [0.25, 0.3) is 0 Å². The lowest BCUT2D eigenvalue weighted by Crippen LogP contribution is -2.38. The average molecular weight is 377 g/mol. The lowest BCUT2D eigenvalue weighted by atomic mass is 10.1. The molecular formula is C17H22F3NO5. The Morgan fingerprint density at radius 1 is 1.15 bits per heavy atom. The number of alkyl halides is 3. The molecule has 146 valence electrons. The summed E-state index contributed by atoms with van der Waals surface area (Å²) in [4.78, 5) is 25.2. The zero-order valence-electron chi connectivity index (χ0n) is 14.7. The Balaban J connectivity index is 2.58. The van der Waals surface area contributed by atoms with Crippen LogP contribution in [0.2, 0.25) is 0 Å². The number of halogens is 3. The normalized spacial score (nSPS) is 11.1. The van der Waals surface area contributed by atoms with E-state index >= 15 is 0 Å². The van der Waals surface area contributed by atoms with Crippen molar-refractivity contribution in [1.82, 2.24) is 4.90 Å². The van der Waals surface area contributed by atoms with Crippen LogP contribution < -0.4 is 4.74 Å². The van der Waals surface area contributed by atoms with Gasteiger partial charge in [0, 0.05) is 20.1 Å². The summed E-state index contributed by atoms with van der Waals surface area (Å²) in [5.74, 6) is -1.10. The van der Waals surface area contributed by atoms with Crippen LogP contribution in [0, 0.1) is 0 Å². The van der Waals surface area contributed by atoms with E-state index in [1.165, 1.54) is 36.3 Å². The summed E-state index contributed by atoms with van der Waals surface area (Å²) in [6.07, 6.45) is -4.33. The number of carbonyl (C=O) groups is 2. The molecule has 1 aromatic carbocycles. The van der Waals surface area contributed by atoms with Crippen molar-refractivity contribution in [3.63, 3.8) is 0 Å². The quantitative estimate of drug-likeness (QED) is 0.587. The molecule has 0 spiro atoms. The maximum absolute atomic E-state index is 12.3. The Morgan fingerprint density at radius 3 is 2.35 bits per heavy atom. The first-order chi connectivity index (χ1) is 12.2. The largest absolute Gasteiger partial charge is 0.573 e. The van der Waals surface area contributed by atoms with Gasteiger partial charge in [0.05, 0.1) is 13.2 Å². The molecule has 1 aromatic rings. The van der Waals surface area contributed by atoms with E-state index in [4.69, 9.17) is 9.47 Å². The van der Waals surface area contributed by atoms with Crippen molar-refractivity contribution >= 4 is 11.9 Å². The third-order valence-electron chi connectivity index (χ3n) is 3.33. The molecule has 9 heteroatoms. The number of esters is 1. The molecule has 0 saturated carbocycles. The number of benzene rings is 1. The monoisotopic (exact) mass is 377 g/mol. The highest BCUT2D eigenvalue weighted by atomic mass is 19.4. The number of carbonyl (C=O) groups excluding carboxylic acids is 2. The van der Waals surface area contributed by atoms with E-state index in [1.54, 1.807) is 6.92 Å². The van der Waals surface area contributed by atoms with Crippen LogP contribution in [0.25, 0.3) is 0 Å². The Labute approximate surface area is 149 Å². The molecule has 0 fully saturated rings. The highest BCUT2D eigenvalue weighted by Gasteiger charge is 2.30. The molecular weight excluding hydrogens is 355 g/mol. The number of rotatable bonds is 10. The molecule has 26 heavy (non-hydrogen) atoms. The number of nitrogens with zero attached hydrogens (tertiary/aromatic N) is 1. The highest BCUT2D eigenvalue weighted by molar-refractivity contribution is 5.82. The predicted molar refractivity (Wildman–Crippen MR) is 86.5 cm³/mol. The first-order valence-electron chi connectivity index (χ1n) is 8.02. The van der Waals surface area contributed by atoms with Crippen molar-refractivity contribution in [2.45, 2.75) is 26.1 Å². The second-order valence-electron chi connectivity index (χ2n) is 5.30. The van der Waals surface area contributed by atoms with Crippen LogP contribution in [0.4, 0.5) is 13.2 Å². The standard InChI is InChI=1S/C17H22F3NO5/c1-3-25-16(23)12-21(10-11-24-2)15(22)9-6-13-4-7-14(8-5-13)26-17(18,19)20/h4-5,7-8H,3,6,9-12H2,1-2H3. The number of hydrogen-bond acceptors (Lipinski definition) is 5. The molecule has 0 aliphatic rings. The Kier molecular flexibility index (Phi) is 8.91. The van der Waals surface area contributed by atoms with Gasteiger partial charge < -0.3 is 19.1 Å². The van der Waals surface area contributed by atoms with Crippen molar-refractivity contribution in [2.75, 3.05) is 33.4 Å². The Morgan fingerprint density at radius 2 is 1.81 bits per heavy atom. The third-order valence-corrected chi connectivity index (χ3v) is 3.33. The first-order valence-corrected chi connectivity index (χ1v) is 8.02. The number of hydrogen-bond donors (Lipinski definition) is 0. The van der Waals surface area contributed by atoms with Gasteiger partial charge in [-0.05, 0) is 31.0 Å². The summed E-state index contributed by atoms with van der Waals surface area (Å²) in [5, 5.41) is 0. The minimum atomic E-state index is -4.74. The van der Waals surface area contributed by atoms with Gasteiger partial charge in [-0.15, -0.1) is 13.2 Å². The molecule has 0 aromatic heterocycles. The molecule has 0 aliphatic heterocycles. The minimum absolute atomic E-state index is 0.0998. The van der Waals surface area contributed by atoms with Gasteiger partial charge >= 0.3 is 12.3 Å². The lowest BCUT2D eigenvalue weighted by molar-refractivity contribution is -0.274. The number of amides is 1. The van der Waals surface area contributed by atoms with E-state index in [0.717, 1.165) is 0 Å². The average Bonchev–Trinajstić information content (AvgIpc) is 2.56. The van der Waals surface area contributed by atoms with E-state index in [-0.39, 0.29) is 44.4 Å². The van der Waals surface area contributed by atoms with Crippen LogP contribution in [0.15, 0.2) is 24.3 Å². The summed E-state index contributed by atoms with van der Waals surface area (Å²) in [7, 11) is 1.48. The van der Waals surface area contributed by atoms with Crippen molar-refractivity contribution in [1.29, 1.82) is 0 Å². The molecule has 0 heterocycles. The Bertz CT molecular complexity index is 575. The van der Waals surface area contributed by atoms with Crippen LogP contribution >= 0.6 is 0 Å². The zero-order chi connectivity index (χ0) is 19.6. The van der Waals surface area contributed by atoms with E-state index in [0.29, 0.717) is 12.0 Å². The number of aryl methyl sites for hydroxylation is 1. The summed E-state index contributed by atoms with van der Waals surface area (Å²) in [5.41, 5.74) is 0.677. The van der Waals surface area contributed by atoms with Gasteiger partial charge in [-0.25, -0.2) is 0 Å². The molecule has 0 atom stereocenters. The fraction of sp³-hybridized carbons (Fsp3) is 0.529. The molecule has 0 radical (unpaired) electrons. The van der Waals surface area contributed by atoms with E-state index < -0.39 is 12.3 Å². The lowest BCUT2D eigenvalue weighted by Gasteiger charge is -2.21. The maximum Gasteiger partial charge on any atom is 0.573 e. The zero-order valence-corrected chi connectivity index (χ0v) is 14.7. The third kappa shape index (κ3) is 8.70. The summed E-state index contributed by atoms with van der Waals surface area (Å²) in [6, 6.07) is 5.29. The fourth-order valence-corrected chi connectivity index (χ4v) is 2.12. The summed E-state index contributed by atoms with van der Waals surface area (Å²) >= 11 is 0. The van der Waals surface area contributed by atoms with Gasteiger partial charge in [-0.3, -0.25) is 9.59 Å².